The second-order valence-electron chi connectivity index (χ2n) is 5.90. The Labute approximate surface area is 116 Å². The van der Waals surface area contributed by atoms with Crippen molar-refractivity contribution in [3.63, 3.8) is 0 Å². The van der Waals surface area contributed by atoms with Gasteiger partial charge in [0.15, 0.2) is 0 Å². The summed E-state index contributed by atoms with van der Waals surface area (Å²) in [5.74, 6) is -0.329. The zero-order valence-electron chi connectivity index (χ0n) is 12.4. The zero-order chi connectivity index (χ0) is 14.4. The first-order chi connectivity index (χ1) is 8.95. The summed E-state index contributed by atoms with van der Waals surface area (Å²) in [6.45, 7) is 5.66. The first kappa shape index (κ1) is 16.0. The summed E-state index contributed by atoms with van der Waals surface area (Å²) in [5, 5.41) is 8.95. The average Bonchev–Trinajstić information content (AvgIpc) is 2.86. The van der Waals surface area contributed by atoms with E-state index < -0.39 is 5.97 Å². The number of rotatable bonds is 7. The first-order valence-corrected chi connectivity index (χ1v) is 7.48. The van der Waals surface area contributed by atoms with E-state index in [0.717, 1.165) is 12.8 Å². The highest BCUT2D eigenvalue weighted by molar-refractivity contribution is 5.83. The fourth-order valence-electron chi connectivity index (χ4n) is 2.95. The maximum absolute atomic E-state index is 12.4. The molecular formula is C15H27NO3. The molecule has 2 atom stereocenters. The summed E-state index contributed by atoms with van der Waals surface area (Å²) in [5.41, 5.74) is 0. The molecule has 1 aliphatic carbocycles. The number of carbonyl (C=O) groups is 2. The van der Waals surface area contributed by atoms with Gasteiger partial charge in [-0.2, -0.15) is 0 Å². The van der Waals surface area contributed by atoms with Crippen LogP contribution in [0.4, 0.5) is 0 Å². The highest BCUT2D eigenvalue weighted by atomic mass is 16.4. The molecule has 1 N–H and O–H groups in total. The third kappa shape index (κ3) is 4.84. The number of hydrogen-bond acceptors (Lipinski definition) is 2. The molecule has 4 heteroatoms. The van der Waals surface area contributed by atoms with Crippen LogP contribution in [0.15, 0.2) is 0 Å². The van der Waals surface area contributed by atoms with Crippen molar-refractivity contribution in [2.24, 2.45) is 11.8 Å². The lowest BCUT2D eigenvalue weighted by Gasteiger charge is -2.30. The molecule has 19 heavy (non-hydrogen) atoms. The van der Waals surface area contributed by atoms with E-state index in [1.807, 2.05) is 20.8 Å². The summed E-state index contributed by atoms with van der Waals surface area (Å²) >= 11 is 0. The van der Waals surface area contributed by atoms with Crippen LogP contribution >= 0.6 is 0 Å². The maximum Gasteiger partial charge on any atom is 0.323 e. The molecule has 0 radical (unpaired) electrons. The summed E-state index contributed by atoms with van der Waals surface area (Å²) in [6, 6.07) is -0.00497. The van der Waals surface area contributed by atoms with Gasteiger partial charge in [-0.1, -0.05) is 39.5 Å². The average molecular weight is 269 g/mol. The number of hydrogen-bond donors (Lipinski definition) is 1. The molecular weight excluding hydrogens is 242 g/mol. The second-order valence-corrected chi connectivity index (χ2v) is 5.90. The normalized spacial score (nSPS) is 19.1. The summed E-state index contributed by atoms with van der Waals surface area (Å²) < 4.78 is 0. The highest BCUT2D eigenvalue weighted by Gasteiger charge is 2.28. The van der Waals surface area contributed by atoms with Crippen LogP contribution in [0.3, 0.4) is 0 Å². The number of carboxylic acids is 1. The quantitative estimate of drug-likeness (QED) is 0.773. The van der Waals surface area contributed by atoms with Crippen molar-refractivity contribution < 1.29 is 14.7 Å². The van der Waals surface area contributed by atoms with E-state index >= 15 is 0 Å². The Morgan fingerprint density at radius 1 is 1.26 bits per heavy atom. The molecule has 1 rings (SSSR count). The molecule has 0 aromatic heterocycles. The first-order valence-electron chi connectivity index (χ1n) is 7.48. The van der Waals surface area contributed by atoms with Gasteiger partial charge in [0.25, 0.3) is 0 Å². The lowest BCUT2D eigenvalue weighted by Crippen LogP contribution is -2.44. The standard InChI is InChI=1S/C15H27NO3/c1-4-12(3)16(10-14(17)18)15(19)11(2)9-13-7-5-6-8-13/h11-13H,4-10H2,1-3H3,(H,17,18). The van der Waals surface area contributed by atoms with Crippen LogP contribution in [0.25, 0.3) is 0 Å². The van der Waals surface area contributed by atoms with Crippen LogP contribution in [0.5, 0.6) is 0 Å². The van der Waals surface area contributed by atoms with Gasteiger partial charge in [0, 0.05) is 12.0 Å². The van der Waals surface area contributed by atoms with Crippen LogP contribution in [0, 0.1) is 11.8 Å². The van der Waals surface area contributed by atoms with E-state index in [9.17, 15) is 9.59 Å². The van der Waals surface area contributed by atoms with Crippen molar-refractivity contribution >= 4 is 11.9 Å². The second kappa shape index (κ2) is 7.51. The largest absolute Gasteiger partial charge is 0.480 e. The number of carbonyl (C=O) groups excluding carboxylic acids is 1. The fraction of sp³-hybridized carbons (Fsp3) is 0.867. The van der Waals surface area contributed by atoms with Gasteiger partial charge in [-0.05, 0) is 25.7 Å². The summed E-state index contributed by atoms with van der Waals surface area (Å²) in [4.78, 5) is 24.9. The third-order valence-corrected chi connectivity index (χ3v) is 4.29. The predicted octanol–water partition coefficient (Wildman–Crippen LogP) is 2.91. The fourth-order valence-corrected chi connectivity index (χ4v) is 2.95. The van der Waals surface area contributed by atoms with Crippen molar-refractivity contribution in [3.8, 4) is 0 Å². The molecule has 0 bridgehead atoms. The number of carboxylic acid groups (broad SMARTS) is 1. The Bertz CT molecular complexity index is 311. The Morgan fingerprint density at radius 2 is 1.84 bits per heavy atom. The Balaban J connectivity index is 2.60. The van der Waals surface area contributed by atoms with E-state index in [0.29, 0.717) is 5.92 Å². The third-order valence-electron chi connectivity index (χ3n) is 4.29. The van der Waals surface area contributed by atoms with Gasteiger partial charge in [0.1, 0.15) is 6.54 Å². The number of amides is 1. The Hall–Kier alpha value is -1.06. The van der Waals surface area contributed by atoms with Crippen LogP contribution in [-0.4, -0.2) is 34.5 Å². The van der Waals surface area contributed by atoms with Gasteiger partial charge in [-0.15, -0.1) is 0 Å². The van der Waals surface area contributed by atoms with Gasteiger partial charge >= 0.3 is 5.97 Å². The minimum atomic E-state index is -0.929. The smallest absolute Gasteiger partial charge is 0.323 e. The summed E-state index contributed by atoms with van der Waals surface area (Å²) in [6.07, 6.45) is 6.69. The lowest BCUT2D eigenvalue weighted by atomic mass is 9.93. The monoisotopic (exact) mass is 269 g/mol. The molecule has 1 aliphatic rings. The van der Waals surface area contributed by atoms with E-state index in [1.54, 1.807) is 0 Å². The van der Waals surface area contributed by atoms with Crippen LogP contribution in [0.1, 0.15) is 59.3 Å². The molecule has 0 heterocycles. The van der Waals surface area contributed by atoms with Crippen LogP contribution < -0.4 is 0 Å². The maximum atomic E-state index is 12.4. The molecule has 1 fully saturated rings. The minimum Gasteiger partial charge on any atom is -0.480 e. The lowest BCUT2D eigenvalue weighted by molar-refractivity contribution is -0.148. The predicted molar refractivity (Wildman–Crippen MR) is 74.8 cm³/mol. The van der Waals surface area contributed by atoms with Gasteiger partial charge in [0.05, 0.1) is 0 Å². The number of nitrogens with zero attached hydrogens (tertiary/aromatic N) is 1. The van der Waals surface area contributed by atoms with E-state index in [-0.39, 0.29) is 24.4 Å². The zero-order valence-corrected chi connectivity index (χ0v) is 12.4. The van der Waals surface area contributed by atoms with E-state index in [4.69, 9.17) is 5.11 Å². The van der Waals surface area contributed by atoms with Crippen molar-refractivity contribution in [3.05, 3.63) is 0 Å². The number of aliphatic carboxylic acids is 1. The van der Waals surface area contributed by atoms with Gasteiger partial charge in [-0.3, -0.25) is 9.59 Å². The molecule has 0 aromatic carbocycles. The van der Waals surface area contributed by atoms with Gasteiger partial charge in [-0.25, -0.2) is 0 Å². The van der Waals surface area contributed by atoms with Crippen molar-refractivity contribution in [2.45, 2.75) is 65.3 Å². The van der Waals surface area contributed by atoms with Gasteiger partial charge < -0.3 is 10.0 Å². The van der Waals surface area contributed by atoms with Crippen molar-refractivity contribution in [2.75, 3.05) is 6.54 Å². The topological polar surface area (TPSA) is 57.6 Å². The molecule has 1 saturated carbocycles. The Morgan fingerprint density at radius 3 is 2.32 bits per heavy atom. The molecule has 0 saturated heterocycles. The molecule has 0 spiro atoms. The minimum absolute atomic E-state index is 0.00338. The van der Waals surface area contributed by atoms with Gasteiger partial charge in [0.2, 0.25) is 5.91 Å². The molecule has 2 unspecified atom stereocenters. The Kier molecular flexibility index (Phi) is 6.32. The molecule has 110 valence electrons. The van der Waals surface area contributed by atoms with E-state index in [2.05, 4.69) is 0 Å². The van der Waals surface area contributed by atoms with Crippen molar-refractivity contribution in [1.29, 1.82) is 0 Å². The van der Waals surface area contributed by atoms with Crippen LogP contribution in [0.2, 0.25) is 0 Å². The van der Waals surface area contributed by atoms with Crippen LogP contribution in [-0.2, 0) is 9.59 Å². The molecule has 0 aromatic rings. The van der Waals surface area contributed by atoms with E-state index in [1.165, 1.54) is 30.6 Å². The highest BCUT2D eigenvalue weighted by Crippen LogP contribution is 2.31. The molecule has 4 nitrogen and oxygen atoms in total. The molecule has 0 aliphatic heterocycles. The van der Waals surface area contributed by atoms with Crippen molar-refractivity contribution in [1.82, 2.24) is 4.90 Å². The SMILES string of the molecule is CCC(C)N(CC(=O)O)C(=O)C(C)CC1CCCC1. The summed E-state index contributed by atoms with van der Waals surface area (Å²) in [7, 11) is 0. The molecule has 1 amide bonds.